The lowest BCUT2D eigenvalue weighted by Gasteiger charge is -2.12. The van der Waals surface area contributed by atoms with Crippen molar-refractivity contribution in [2.24, 2.45) is 4.99 Å². The third kappa shape index (κ3) is 2.75. The van der Waals surface area contributed by atoms with Crippen LogP contribution in [0.5, 0.6) is 0 Å². The first kappa shape index (κ1) is 14.4. The van der Waals surface area contributed by atoms with E-state index in [1.807, 2.05) is 14.1 Å². The molecular formula is C19H21N3. The van der Waals surface area contributed by atoms with Crippen LogP contribution in [0.4, 0.5) is 11.4 Å². The quantitative estimate of drug-likeness (QED) is 0.715. The summed E-state index contributed by atoms with van der Waals surface area (Å²) in [6, 6.07) is 21.0. The molecule has 1 aromatic heterocycles. The lowest BCUT2D eigenvalue weighted by atomic mass is 10.2. The van der Waals surface area contributed by atoms with Crippen LogP contribution in [0, 0.1) is 0 Å². The highest BCUT2D eigenvalue weighted by molar-refractivity contribution is 5.78. The minimum absolute atomic E-state index is 0.899. The van der Waals surface area contributed by atoms with Crippen molar-refractivity contribution in [3.63, 3.8) is 0 Å². The molecule has 0 bridgehead atoms. The molecule has 0 unspecified atom stereocenters. The third-order valence-corrected chi connectivity index (χ3v) is 3.84. The van der Waals surface area contributed by atoms with E-state index < -0.39 is 0 Å². The van der Waals surface area contributed by atoms with Crippen molar-refractivity contribution in [3.8, 4) is 0 Å². The molecule has 3 rings (SSSR count). The second-order valence-electron chi connectivity index (χ2n) is 5.52. The molecule has 0 atom stereocenters. The van der Waals surface area contributed by atoms with E-state index in [2.05, 4.69) is 77.1 Å². The standard InChI is InChI=1S/C19H21N3/c1-4-22-18-8-6-5-7-15(18)9-14-19(22)20-16-10-12-17(13-11-16)21(2)3/h5-14H,4H2,1-3H3. The number of rotatable bonds is 3. The van der Waals surface area contributed by atoms with Crippen molar-refractivity contribution in [2.45, 2.75) is 13.5 Å². The van der Waals surface area contributed by atoms with Crippen molar-refractivity contribution in [1.29, 1.82) is 0 Å². The lowest BCUT2D eigenvalue weighted by molar-refractivity contribution is 0.745. The predicted molar refractivity (Wildman–Crippen MR) is 93.6 cm³/mol. The molecule has 112 valence electrons. The van der Waals surface area contributed by atoms with Crippen LogP contribution in [0.15, 0.2) is 65.7 Å². The van der Waals surface area contributed by atoms with Crippen LogP contribution in [0.25, 0.3) is 10.9 Å². The number of hydrogen-bond donors (Lipinski definition) is 0. The maximum atomic E-state index is 4.81. The number of pyridine rings is 1. The summed E-state index contributed by atoms with van der Waals surface area (Å²) < 4.78 is 2.25. The summed E-state index contributed by atoms with van der Waals surface area (Å²) in [5.41, 5.74) is 4.36. The van der Waals surface area contributed by atoms with Crippen LogP contribution in [0.1, 0.15) is 6.92 Å². The Kier molecular flexibility index (Phi) is 3.96. The van der Waals surface area contributed by atoms with E-state index >= 15 is 0 Å². The number of hydrogen-bond acceptors (Lipinski definition) is 2. The minimum Gasteiger partial charge on any atom is -0.378 e. The molecule has 0 aliphatic carbocycles. The molecule has 22 heavy (non-hydrogen) atoms. The Bertz CT molecular complexity index is 842. The van der Waals surface area contributed by atoms with Gasteiger partial charge in [-0.2, -0.15) is 0 Å². The van der Waals surface area contributed by atoms with E-state index in [0.29, 0.717) is 0 Å². The summed E-state index contributed by atoms with van der Waals surface area (Å²) in [6.45, 7) is 3.05. The van der Waals surface area contributed by atoms with Crippen LogP contribution in [-0.4, -0.2) is 18.7 Å². The number of anilines is 1. The zero-order valence-electron chi connectivity index (χ0n) is 13.3. The smallest absolute Gasteiger partial charge is 0.133 e. The van der Waals surface area contributed by atoms with Crippen molar-refractivity contribution in [2.75, 3.05) is 19.0 Å². The molecule has 3 heteroatoms. The molecule has 0 radical (unpaired) electrons. The number of benzene rings is 2. The van der Waals surface area contributed by atoms with E-state index in [4.69, 9.17) is 4.99 Å². The SMILES string of the molecule is CCn1c(=Nc2ccc(N(C)C)cc2)ccc2ccccc21. The molecule has 1 heterocycles. The number of para-hydroxylation sites is 1. The number of nitrogens with zero attached hydrogens (tertiary/aromatic N) is 3. The summed E-state index contributed by atoms with van der Waals surface area (Å²) in [6.07, 6.45) is 0. The van der Waals surface area contributed by atoms with E-state index in [-0.39, 0.29) is 0 Å². The second-order valence-corrected chi connectivity index (χ2v) is 5.52. The fraction of sp³-hybridized carbons (Fsp3) is 0.211. The molecule has 0 N–H and O–H groups in total. The largest absolute Gasteiger partial charge is 0.378 e. The normalized spacial score (nSPS) is 11.9. The van der Waals surface area contributed by atoms with Gasteiger partial charge in [-0.15, -0.1) is 0 Å². The Labute approximate surface area is 131 Å². The number of aromatic nitrogens is 1. The fourth-order valence-electron chi connectivity index (χ4n) is 2.64. The summed E-state index contributed by atoms with van der Waals surface area (Å²) in [5, 5.41) is 1.24. The Morgan fingerprint density at radius 1 is 0.909 bits per heavy atom. The molecular weight excluding hydrogens is 270 g/mol. The Hall–Kier alpha value is -2.55. The molecule has 0 aliphatic rings. The summed E-state index contributed by atoms with van der Waals surface area (Å²) in [4.78, 5) is 6.90. The Morgan fingerprint density at radius 3 is 2.32 bits per heavy atom. The number of aryl methyl sites for hydroxylation is 1. The fourth-order valence-corrected chi connectivity index (χ4v) is 2.64. The van der Waals surface area contributed by atoms with Crippen LogP contribution in [0.2, 0.25) is 0 Å². The molecule has 0 fully saturated rings. The molecule has 0 aliphatic heterocycles. The Morgan fingerprint density at radius 2 is 1.64 bits per heavy atom. The number of fused-ring (bicyclic) bond motifs is 1. The van der Waals surface area contributed by atoms with Gasteiger partial charge in [0.25, 0.3) is 0 Å². The van der Waals surface area contributed by atoms with Crippen LogP contribution in [0.3, 0.4) is 0 Å². The second kappa shape index (κ2) is 6.06. The maximum Gasteiger partial charge on any atom is 0.133 e. The highest BCUT2D eigenvalue weighted by atomic mass is 15.1. The van der Waals surface area contributed by atoms with E-state index in [1.165, 1.54) is 16.6 Å². The average molecular weight is 291 g/mol. The zero-order valence-corrected chi connectivity index (χ0v) is 13.3. The molecule has 3 nitrogen and oxygen atoms in total. The van der Waals surface area contributed by atoms with Gasteiger partial charge in [0, 0.05) is 31.8 Å². The van der Waals surface area contributed by atoms with Crippen molar-refractivity contribution in [3.05, 3.63) is 66.2 Å². The first-order chi connectivity index (χ1) is 10.7. The molecule has 0 amide bonds. The molecule has 2 aromatic carbocycles. The van der Waals surface area contributed by atoms with Gasteiger partial charge in [-0.3, -0.25) is 0 Å². The van der Waals surface area contributed by atoms with Gasteiger partial charge in [-0.05, 0) is 54.8 Å². The molecule has 0 spiro atoms. The monoisotopic (exact) mass is 291 g/mol. The minimum atomic E-state index is 0.899. The van der Waals surface area contributed by atoms with Crippen LogP contribution in [-0.2, 0) is 6.54 Å². The molecule has 0 saturated heterocycles. The lowest BCUT2D eigenvalue weighted by Crippen LogP contribution is -2.19. The summed E-state index contributed by atoms with van der Waals surface area (Å²) in [7, 11) is 4.08. The summed E-state index contributed by atoms with van der Waals surface area (Å²) in [5.74, 6) is 0. The Balaban J connectivity index is 2.12. The van der Waals surface area contributed by atoms with Gasteiger partial charge in [0.1, 0.15) is 5.49 Å². The highest BCUT2D eigenvalue weighted by Crippen LogP contribution is 2.18. The van der Waals surface area contributed by atoms with Gasteiger partial charge < -0.3 is 9.47 Å². The van der Waals surface area contributed by atoms with E-state index in [0.717, 1.165) is 17.7 Å². The van der Waals surface area contributed by atoms with Crippen LogP contribution >= 0.6 is 0 Å². The zero-order chi connectivity index (χ0) is 15.5. The molecule has 0 saturated carbocycles. The van der Waals surface area contributed by atoms with Gasteiger partial charge >= 0.3 is 0 Å². The maximum absolute atomic E-state index is 4.81. The first-order valence-electron chi connectivity index (χ1n) is 7.60. The van der Waals surface area contributed by atoms with Gasteiger partial charge in [0.2, 0.25) is 0 Å². The van der Waals surface area contributed by atoms with E-state index in [1.54, 1.807) is 0 Å². The highest BCUT2D eigenvalue weighted by Gasteiger charge is 2.00. The summed E-state index contributed by atoms with van der Waals surface area (Å²) >= 11 is 0. The molecule has 3 aromatic rings. The van der Waals surface area contributed by atoms with Gasteiger partial charge in [-0.1, -0.05) is 18.2 Å². The van der Waals surface area contributed by atoms with Crippen molar-refractivity contribution >= 4 is 22.3 Å². The first-order valence-corrected chi connectivity index (χ1v) is 7.60. The van der Waals surface area contributed by atoms with Crippen molar-refractivity contribution < 1.29 is 0 Å². The average Bonchev–Trinajstić information content (AvgIpc) is 2.55. The van der Waals surface area contributed by atoms with Gasteiger partial charge in [0.05, 0.1) is 5.69 Å². The van der Waals surface area contributed by atoms with Gasteiger partial charge in [-0.25, -0.2) is 4.99 Å². The third-order valence-electron chi connectivity index (χ3n) is 3.84. The predicted octanol–water partition coefficient (Wildman–Crippen LogP) is 3.96. The van der Waals surface area contributed by atoms with Crippen molar-refractivity contribution in [1.82, 2.24) is 4.57 Å². The van der Waals surface area contributed by atoms with Gasteiger partial charge in [0.15, 0.2) is 0 Å². The van der Waals surface area contributed by atoms with E-state index in [9.17, 15) is 0 Å². The van der Waals surface area contributed by atoms with Crippen LogP contribution < -0.4 is 10.4 Å². The topological polar surface area (TPSA) is 20.5 Å².